The number of thioether (sulfide) groups is 1. The molecule has 7 heteroatoms. The third kappa shape index (κ3) is 5.62. The van der Waals surface area contributed by atoms with E-state index < -0.39 is 0 Å². The molecule has 3 aliphatic rings. The maximum absolute atomic E-state index is 13.4. The molecule has 0 unspecified atom stereocenters. The summed E-state index contributed by atoms with van der Waals surface area (Å²) in [6.45, 7) is 0. The van der Waals surface area contributed by atoms with Crippen LogP contribution in [0.4, 0.5) is 5.69 Å². The third-order valence-electron chi connectivity index (χ3n) is 6.52. The second-order valence-electron chi connectivity index (χ2n) is 8.79. The number of hydrogen-bond donors (Lipinski definition) is 1. The standard InChI is InChI=1S/C24H33N3O3S/c1-30-20-14-12-18(13-15-20)25-22(28)16-21-23(29)27(19-10-6-3-7-11-19)24(31-21)26-17-8-4-2-5-9-17/h12-15,17,19,21H,2-11,16H2,1H3,(H,25,28)/t21-/m0/s1. The topological polar surface area (TPSA) is 71.0 Å². The molecule has 1 aromatic carbocycles. The number of carbonyl (C=O) groups is 2. The van der Waals surface area contributed by atoms with Crippen LogP contribution in [-0.4, -0.2) is 46.3 Å². The molecule has 1 aromatic rings. The summed E-state index contributed by atoms with van der Waals surface area (Å²) in [5.41, 5.74) is 0.710. The number of rotatable bonds is 6. The highest BCUT2D eigenvalue weighted by Crippen LogP contribution is 2.36. The Morgan fingerprint density at radius 1 is 1.06 bits per heavy atom. The Balaban J connectivity index is 1.44. The normalized spacial score (nSPS) is 24.5. The van der Waals surface area contributed by atoms with E-state index in [9.17, 15) is 9.59 Å². The van der Waals surface area contributed by atoms with Crippen molar-refractivity contribution in [3.05, 3.63) is 24.3 Å². The van der Waals surface area contributed by atoms with E-state index in [0.717, 1.165) is 36.6 Å². The largest absolute Gasteiger partial charge is 0.497 e. The quantitative estimate of drug-likeness (QED) is 0.672. The van der Waals surface area contributed by atoms with Crippen molar-refractivity contribution in [3.63, 3.8) is 0 Å². The number of aliphatic imine (C=N–C) groups is 1. The number of benzene rings is 1. The van der Waals surface area contributed by atoms with Gasteiger partial charge in [0.05, 0.1) is 13.2 Å². The highest BCUT2D eigenvalue weighted by molar-refractivity contribution is 8.15. The molecule has 1 saturated heterocycles. The van der Waals surface area contributed by atoms with Crippen LogP contribution in [0.5, 0.6) is 5.75 Å². The van der Waals surface area contributed by atoms with Crippen LogP contribution in [-0.2, 0) is 9.59 Å². The van der Waals surface area contributed by atoms with Crippen molar-refractivity contribution in [2.75, 3.05) is 12.4 Å². The Morgan fingerprint density at radius 2 is 1.71 bits per heavy atom. The first-order chi connectivity index (χ1) is 15.1. The molecule has 6 nitrogen and oxygen atoms in total. The summed E-state index contributed by atoms with van der Waals surface area (Å²) in [7, 11) is 1.61. The van der Waals surface area contributed by atoms with Gasteiger partial charge in [0, 0.05) is 18.2 Å². The average Bonchev–Trinajstić information content (AvgIpc) is 3.09. The molecule has 0 spiro atoms. The molecular weight excluding hydrogens is 410 g/mol. The smallest absolute Gasteiger partial charge is 0.242 e. The van der Waals surface area contributed by atoms with Crippen LogP contribution in [0.25, 0.3) is 0 Å². The Hall–Kier alpha value is -2.02. The van der Waals surface area contributed by atoms with Crippen molar-refractivity contribution in [2.45, 2.75) is 88.0 Å². The minimum absolute atomic E-state index is 0.0661. The van der Waals surface area contributed by atoms with Gasteiger partial charge < -0.3 is 10.1 Å². The average molecular weight is 444 g/mol. The summed E-state index contributed by atoms with van der Waals surface area (Å²) in [6, 6.07) is 7.80. The zero-order valence-corrected chi connectivity index (χ0v) is 19.2. The van der Waals surface area contributed by atoms with Crippen molar-refractivity contribution >= 4 is 34.4 Å². The van der Waals surface area contributed by atoms with Gasteiger partial charge in [0.15, 0.2) is 5.17 Å². The highest BCUT2D eigenvalue weighted by atomic mass is 32.2. The minimum Gasteiger partial charge on any atom is -0.497 e. The van der Waals surface area contributed by atoms with E-state index in [1.54, 1.807) is 7.11 Å². The first-order valence-corrected chi connectivity index (χ1v) is 12.5. The number of anilines is 1. The molecule has 1 heterocycles. The molecule has 1 atom stereocenters. The first kappa shape index (κ1) is 22.2. The summed E-state index contributed by atoms with van der Waals surface area (Å²) in [6.07, 6.45) is 11.8. The number of amides is 2. The van der Waals surface area contributed by atoms with Gasteiger partial charge >= 0.3 is 0 Å². The van der Waals surface area contributed by atoms with Crippen molar-refractivity contribution < 1.29 is 14.3 Å². The van der Waals surface area contributed by atoms with Gasteiger partial charge in [0.2, 0.25) is 11.8 Å². The van der Waals surface area contributed by atoms with E-state index in [2.05, 4.69) is 5.32 Å². The van der Waals surface area contributed by atoms with Gasteiger partial charge in [-0.1, -0.05) is 50.3 Å². The highest BCUT2D eigenvalue weighted by Gasteiger charge is 2.43. The van der Waals surface area contributed by atoms with Gasteiger partial charge in [-0.15, -0.1) is 0 Å². The Kier molecular flexibility index (Phi) is 7.54. The second-order valence-corrected chi connectivity index (χ2v) is 9.96. The summed E-state index contributed by atoms with van der Waals surface area (Å²) in [4.78, 5) is 33.0. The molecular formula is C24H33N3O3S. The van der Waals surface area contributed by atoms with Crippen molar-refractivity contribution in [1.82, 2.24) is 4.90 Å². The van der Waals surface area contributed by atoms with Crippen molar-refractivity contribution in [3.8, 4) is 5.75 Å². The fourth-order valence-electron chi connectivity index (χ4n) is 4.80. The lowest BCUT2D eigenvalue weighted by Gasteiger charge is -2.31. The predicted molar refractivity (Wildman–Crippen MR) is 126 cm³/mol. The lowest BCUT2D eigenvalue weighted by Crippen LogP contribution is -2.43. The lowest BCUT2D eigenvalue weighted by molar-refractivity contribution is -0.130. The van der Waals surface area contributed by atoms with Crippen LogP contribution in [0.3, 0.4) is 0 Å². The molecule has 0 radical (unpaired) electrons. The fourth-order valence-corrected chi connectivity index (χ4v) is 6.07. The van der Waals surface area contributed by atoms with Gasteiger partial charge in [-0.3, -0.25) is 19.5 Å². The zero-order valence-electron chi connectivity index (χ0n) is 18.3. The number of nitrogens with one attached hydrogen (secondary N) is 1. The molecule has 2 saturated carbocycles. The Bertz CT molecular complexity index is 799. The number of methoxy groups -OCH3 is 1. The molecule has 1 N–H and O–H groups in total. The molecule has 4 rings (SSSR count). The molecule has 168 valence electrons. The summed E-state index contributed by atoms with van der Waals surface area (Å²) in [5.74, 6) is 0.668. The molecule has 2 amide bonds. The van der Waals surface area contributed by atoms with E-state index in [-0.39, 0.29) is 29.5 Å². The van der Waals surface area contributed by atoms with Crippen LogP contribution in [0.2, 0.25) is 0 Å². The Labute approximate surface area is 189 Å². The van der Waals surface area contributed by atoms with Crippen LogP contribution < -0.4 is 10.1 Å². The van der Waals surface area contributed by atoms with E-state index in [4.69, 9.17) is 9.73 Å². The van der Waals surface area contributed by atoms with Crippen LogP contribution in [0.1, 0.15) is 70.6 Å². The number of amidine groups is 1. The van der Waals surface area contributed by atoms with Crippen molar-refractivity contribution in [2.24, 2.45) is 4.99 Å². The van der Waals surface area contributed by atoms with E-state index >= 15 is 0 Å². The number of nitrogens with zero attached hydrogens (tertiary/aromatic N) is 2. The zero-order chi connectivity index (χ0) is 21.6. The molecule has 31 heavy (non-hydrogen) atoms. The van der Waals surface area contributed by atoms with Gasteiger partial charge in [-0.25, -0.2) is 0 Å². The molecule has 2 aliphatic carbocycles. The summed E-state index contributed by atoms with van der Waals surface area (Å²) < 4.78 is 5.16. The van der Waals surface area contributed by atoms with Crippen LogP contribution in [0.15, 0.2) is 29.3 Å². The van der Waals surface area contributed by atoms with Gasteiger partial charge in [0.1, 0.15) is 11.0 Å². The molecule has 0 bridgehead atoms. The SMILES string of the molecule is COc1ccc(NC(=O)C[C@@H]2SC(=NC3CCCCC3)N(C3CCCCC3)C2=O)cc1. The number of ether oxygens (including phenoxy) is 1. The van der Waals surface area contributed by atoms with Crippen molar-refractivity contribution in [1.29, 1.82) is 0 Å². The second kappa shape index (κ2) is 10.5. The van der Waals surface area contributed by atoms with Crippen LogP contribution in [0, 0.1) is 0 Å². The maximum Gasteiger partial charge on any atom is 0.242 e. The maximum atomic E-state index is 13.4. The lowest BCUT2D eigenvalue weighted by atomic mass is 9.94. The van der Waals surface area contributed by atoms with E-state index in [1.807, 2.05) is 29.2 Å². The molecule has 3 fully saturated rings. The number of carbonyl (C=O) groups excluding carboxylic acids is 2. The fraction of sp³-hybridized carbons (Fsp3) is 0.625. The van der Waals surface area contributed by atoms with Gasteiger partial charge in [-0.05, 0) is 49.9 Å². The Morgan fingerprint density at radius 3 is 2.35 bits per heavy atom. The third-order valence-corrected chi connectivity index (χ3v) is 7.68. The summed E-state index contributed by atoms with van der Waals surface area (Å²) >= 11 is 1.50. The van der Waals surface area contributed by atoms with E-state index in [1.165, 1.54) is 50.3 Å². The minimum atomic E-state index is -0.387. The summed E-state index contributed by atoms with van der Waals surface area (Å²) in [5, 5.41) is 3.39. The van der Waals surface area contributed by atoms with Crippen LogP contribution >= 0.6 is 11.8 Å². The first-order valence-electron chi connectivity index (χ1n) is 11.7. The van der Waals surface area contributed by atoms with Gasteiger partial charge in [-0.2, -0.15) is 0 Å². The van der Waals surface area contributed by atoms with E-state index in [0.29, 0.717) is 11.7 Å². The molecule has 0 aromatic heterocycles. The predicted octanol–water partition coefficient (Wildman–Crippen LogP) is 4.99. The monoisotopic (exact) mass is 443 g/mol. The molecule has 1 aliphatic heterocycles. The number of hydrogen-bond acceptors (Lipinski definition) is 5. The van der Waals surface area contributed by atoms with Gasteiger partial charge in [0.25, 0.3) is 0 Å².